The predicted molar refractivity (Wildman–Crippen MR) is 72.0 cm³/mol. The molecule has 17 heavy (non-hydrogen) atoms. The molecule has 0 aromatic carbocycles. The zero-order valence-corrected chi connectivity index (χ0v) is 12.0. The van der Waals surface area contributed by atoms with Crippen LogP contribution in [-0.2, 0) is 4.79 Å². The third-order valence-corrected chi connectivity index (χ3v) is 4.01. The zero-order chi connectivity index (χ0) is 13.1. The minimum absolute atomic E-state index is 0.107. The standard InChI is InChI=1S/C14H28N2O/c1-6-13(3,4)16-12(17)11(2)15-14(5)9-7-8-10-14/h11,15H,6-10H2,1-5H3,(H,16,17). The molecule has 1 saturated carbocycles. The van der Waals surface area contributed by atoms with Crippen LogP contribution in [0.15, 0.2) is 0 Å². The van der Waals surface area contributed by atoms with Gasteiger partial charge in [-0.2, -0.15) is 0 Å². The Hall–Kier alpha value is -0.570. The van der Waals surface area contributed by atoms with Crippen molar-refractivity contribution in [3.8, 4) is 0 Å². The van der Waals surface area contributed by atoms with E-state index in [1.165, 1.54) is 25.7 Å². The van der Waals surface area contributed by atoms with E-state index in [9.17, 15) is 4.79 Å². The summed E-state index contributed by atoms with van der Waals surface area (Å²) in [5, 5.41) is 6.59. The van der Waals surface area contributed by atoms with Crippen LogP contribution in [0.3, 0.4) is 0 Å². The Kier molecular flexibility index (Phi) is 4.59. The van der Waals surface area contributed by atoms with Crippen molar-refractivity contribution in [2.24, 2.45) is 0 Å². The smallest absolute Gasteiger partial charge is 0.237 e. The molecular weight excluding hydrogens is 212 g/mol. The van der Waals surface area contributed by atoms with Gasteiger partial charge in [-0.1, -0.05) is 19.8 Å². The van der Waals surface area contributed by atoms with E-state index in [2.05, 4.69) is 38.3 Å². The van der Waals surface area contributed by atoms with Gasteiger partial charge in [0.05, 0.1) is 6.04 Å². The van der Waals surface area contributed by atoms with Crippen LogP contribution in [0.2, 0.25) is 0 Å². The summed E-state index contributed by atoms with van der Waals surface area (Å²) in [7, 11) is 0. The van der Waals surface area contributed by atoms with Crippen LogP contribution < -0.4 is 10.6 Å². The average molecular weight is 240 g/mol. The third kappa shape index (κ3) is 4.30. The maximum atomic E-state index is 12.1. The Morgan fingerprint density at radius 2 is 1.88 bits per heavy atom. The molecule has 100 valence electrons. The molecule has 1 amide bonds. The lowest BCUT2D eigenvalue weighted by molar-refractivity contribution is -0.124. The third-order valence-electron chi connectivity index (χ3n) is 4.01. The van der Waals surface area contributed by atoms with Gasteiger partial charge >= 0.3 is 0 Å². The summed E-state index contributed by atoms with van der Waals surface area (Å²) in [6.07, 6.45) is 5.86. The van der Waals surface area contributed by atoms with Crippen LogP contribution in [0.25, 0.3) is 0 Å². The number of carbonyl (C=O) groups is 1. The first-order valence-electron chi connectivity index (χ1n) is 6.88. The second-order valence-corrected chi connectivity index (χ2v) is 6.36. The molecule has 1 atom stereocenters. The summed E-state index contributed by atoms with van der Waals surface area (Å²) in [6.45, 7) is 10.4. The van der Waals surface area contributed by atoms with E-state index in [0.717, 1.165) is 6.42 Å². The normalized spacial score (nSPS) is 21.2. The predicted octanol–water partition coefficient (Wildman–Crippen LogP) is 2.60. The van der Waals surface area contributed by atoms with Crippen LogP contribution in [-0.4, -0.2) is 23.0 Å². The van der Waals surface area contributed by atoms with Crippen LogP contribution in [0, 0.1) is 0 Å². The first-order chi connectivity index (χ1) is 7.78. The molecule has 0 saturated heterocycles. The van der Waals surface area contributed by atoms with Crippen molar-refractivity contribution in [1.29, 1.82) is 0 Å². The molecule has 1 aliphatic carbocycles. The average Bonchev–Trinajstić information content (AvgIpc) is 2.64. The molecule has 1 rings (SSSR count). The summed E-state index contributed by atoms with van der Waals surface area (Å²) in [4.78, 5) is 12.1. The molecule has 0 aliphatic heterocycles. The molecule has 0 heterocycles. The second-order valence-electron chi connectivity index (χ2n) is 6.36. The van der Waals surface area contributed by atoms with Crippen molar-refractivity contribution >= 4 is 5.91 Å². The number of hydrogen-bond donors (Lipinski definition) is 2. The lowest BCUT2D eigenvalue weighted by Gasteiger charge is -2.32. The minimum Gasteiger partial charge on any atom is -0.350 e. The fourth-order valence-electron chi connectivity index (χ4n) is 2.42. The molecule has 0 radical (unpaired) electrons. The minimum atomic E-state index is -0.108. The fraction of sp³-hybridized carbons (Fsp3) is 0.929. The van der Waals surface area contributed by atoms with Crippen molar-refractivity contribution in [3.63, 3.8) is 0 Å². The Morgan fingerprint density at radius 3 is 2.35 bits per heavy atom. The van der Waals surface area contributed by atoms with E-state index in [-0.39, 0.29) is 23.0 Å². The zero-order valence-electron chi connectivity index (χ0n) is 12.0. The second kappa shape index (κ2) is 5.38. The van der Waals surface area contributed by atoms with Crippen molar-refractivity contribution in [3.05, 3.63) is 0 Å². The van der Waals surface area contributed by atoms with Crippen LogP contribution in [0.5, 0.6) is 0 Å². The topological polar surface area (TPSA) is 41.1 Å². The van der Waals surface area contributed by atoms with Gasteiger partial charge in [0.2, 0.25) is 5.91 Å². The number of carbonyl (C=O) groups excluding carboxylic acids is 1. The SMILES string of the molecule is CCC(C)(C)NC(=O)C(C)NC1(C)CCCC1. The number of hydrogen-bond acceptors (Lipinski definition) is 2. The molecule has 1 aliphatic rings. The van der Waals surface area contributed by atoms with Gasteiger partial charge in [0.15, 0.2) is 0 Å². The molecule has 1 fully saturated rings. The lowest BCUT2D eigenvalue weighted by atomic mass is 9.98. The first-order valence-corrected chi connectivity index (χ1v) is 6.88. The Bertz CT molecular complexity index is 267. The molecule has 3 nitrogen and oxygen atoms in total. The van der Waals surface area contributed by atoms with Gasteiger partial charge in [0.25, 0.3) is 0 Å². The Balaban J connectivity index is 2.47. The molecule has 2 N–H and O–H groups in total. The molecule has 0 aromatic heterocycles. The quantitative estimate of drug-likeness (QED) is 0.775. The molecule has 3 heteroatoms. The number of amides is 1. The highest BCUT2D eigenvalue weighted by molar-refractivity contribution is 5.82. The van der Waals surface area contributed by atoms with E-state index in [4.69, 9.17) is 0 Å². The van der Waals surface area contributed by atoms with Gasteiger partial charge in [0, 0.05) is 11.1 Å². The van der Waals surface area contributed by atoms with Gasteiger partial charge in [0.1, 0.15) is 0 Å². The van der Waals surface area contributed by atoms with Crippen molar-refractivity contribution in [1.82, 2.24) is 10.6 Å². The fourth-order valence-corrected chi connectivity index (χ4v) is 2.42. The molecule has 0 spiro atoms. The van der Waals surface area contributed by atoms with E-state index >= 15 is 0 Å². The van der Waals surface area contributed by atoms with Gasteiger partial charge in [-0.05, 0) is 47.0 Å². The molecule has 1 unspecified atom stereocenters. The summed E-state index contributed by atoms with van der Waals surface area (Å²) >= 11 is 0. The van der Waals surface area contributed by atoms with E-state index in [1.807, 2.05) is 6.92 Å². The summed E-state index contributed by atoms with van der Waals surface area (Å²) in [5.74, 6) is 0.116. The molecular formula is C14H28N2O. The Labute approximate surface area is 106 Å². The highest BCUT2D eigenvalue weighted by Gasteiger charge is 2.32. The maximum Gasteiger partial charge on any atom is 0.237 e. The maximum absolute atomic E-state index is 12.1. The van der Waals surface area contributed by atoms with E-state index in [0.29, 0.717) is 0 Å². The molecule has 0 aromatic rings. The van der Waals surface area contributed by atoms with Gasteiger partial charge in [-0.3, -0.25) is 4.79 Å². The van der Waals surface area contributed by atoms with Crippen LogP contribution in [0.4, 0.5) is 0 Å². The highest BCUT2D eigenvalue weighted by atomic mass is 16.2. The van der Waals surface area contributed by atoms with Gasteiger partial charge in [-0.25, -0.2) is 0 Å². The monoisotopic (exact) mass is 240 g/mol. The number of rotatable bonds is 5. The lowest BCUT2D eigenvalue weighted by Crippen LogP contribution is -2.55. The first kappa shape index (κ1) is 14.5. The van der Waals surface area contributed by atoms with Crippen molar-refractivity contribution in [2.45, 2.75) is 83.8 Å². The van der Waals surface area contributed by atoms with Crippen LogP contribution in [0.1, 0.15) is 66.7 Å². The summed E-state index contributed by atoms with van der Waals surface area (Å²) < 4.78 is 0. The van der Waals surface area contributed by atoms with Gasteiger partial charge < -0.3 is 10.6 Å². The van der Waals surface area contributed by atoms with E-state index in [1.54, 1.807) is 0 Å². The Morgan fingerprint density at radius 1 is 1.35 bits per heavy atom. The van der Waals surface area contributed by atoms with Crippen molar-refractivity contribution < 1.29 is 4.79 Å². The van der Waals surface area contributed by atoms with E-state index < -0.39 is 0 Å². The number of nitrogens with one attached hydrogen (secondary N) is 2. The van der Waals surface area contributed by atoms with Crippen LogP contribution >= 0.6 is 0 Å². The summed E-state index contributed by atoms with van der Waals surface area (Å²) in [5.41, 5.74) is 0.0523. The highest BCUT2D eigenvalue weighted by Crippen LogP contribution is 2.29. The van der Waals surface area contributed by atoms with Gasteiger partial charge in [-0.15, -0.1) is 0 Å². The summed E-state index contributed by atoms with van der Waals surface area (Å²) in [6, 6.07) is -0.107. The molecule has 0 bridgehead atoms. The van der Waals surface area contributed by atoms with Crippen molar-refractivity contribution in [2.75, 3.05) is 0 Å². The largest absolute Gasteiger partial charge is 0.350 e.